The number of carboxylic acid groups (broad SMARTS) is 2. The number of aliphatic carboxylic acids is 2. The van der Waals surface area contributed by atoms with E-state index in [4.69, 9.17) is 10.2 Å². The van der Waals surface area contributed by atoms with Crippen molar-refractivity contribution in [1.29, 1.82) is 0 Å². The van der Waals surface area contributed by atoms with Gasteiger partial charge < -0.3 is 10.2 Å². The van der Waals surface area contributed by atoms with Gasteiger partial charge in [0.2, 0.25) is 0 Å². The van der Waals surface area contributed by atoms with Crippen LogP contribution < -0.4 is 0 Å². The Morgan fingerprint density at radius 2 is 1.47 bits per heavy atom. The molecule has 1 aromatic rings. The van der Waals surface area contributed by atoms with Crippen LogP contribution in [-0.2, 0) is 9.59 Å². The molecule has 4 nitrogen and oxygen atoms in total. The fraction of sp³-hybridized carbons (Fsp3) is 0. The predicted octanol–water partition coefficient (Wildman–Crippen LogP) is 1.96. The third-order valence-corrected chi connectivity index (χ3v) is 2.53. The Morgan fingerprint density at radius 1 is 1.00 bits per heavy atom. The van der Waals surface area contributed by atoms with Gasteiger partial charge in [0, 0.05) is 4.48 Å². The molecule has 0 aliphatic carbocycles. The zero-order chi connectivity index (χ0) is 11.4. The van der Waals surface area contributed by atoms with E-state index in [1.807, 2.05) is 0 Å². The molecule has 0 fully saturated rings. The first-order valence-corrected chi connectivity index (χ1v) is 4.75. The molecule has 0 aliphatic heterocycles. The lowest BCUT2D eigenvalue weighted by molar-refractivity contribution is -0.140. The van der Waals surface area contributed by atoms with E-state index in [-0.39, 0.29) is 4.48 Å². The van der Waals surface area contributed by atoms with Crippen LogP contribution in [0.1, 0.15) is 5.56 Å². The molecule has 0 bridgehead atoms. The second-order valence-corrected chi connectivity index (χ2v) is 3.46. The molecule has 0 heterocycles. The van der Waals surface area contributed by atoms with E-state index in [0.717, 1.165) is 0 Å². The van der Waals surface area contributed by atoms with Gasteiger partial charge >= 0.3 is 11.9 Å². The SMILES string of the molecule is O=C(O)C(C(=O)O)=C(Br)c1ccccc1. The molecule has 0 aliphatic rings. The van der Waals surface area contributed by atoms with E-state index in [1.165, 1.54) is 0 Å². The molecule has 0 amide bonds. The van der Waals surface area contributed by atoms with Crippen molar-refractivity contribution in [2.24, 2.45) is 0 Å². The molecule has 0 unspecified atom stereocenters. The average molecular weight is 271 g/mol. The summed E-state index contributed by atoms with van der Waals surface area (Å²) in [6.45, 7) is 0. The van der Waals surface area contributed by atoms with E-state index < -0.39 is 17.5 Å². The third-order valence-electron chi connectivity index (χ3n) is 1.67. The van der Waals surface area contributed by atoms with Crippen LogP contribution in [0.2, 0.25) is 0 Å². The molecule has 78 valence electrons. The summed E-state index contributed by atoms with van der Waals surface area (Å²) in [4.78, 5) is 21.4. The molecule has 0 saturated heterocycles. The van der Waals surface area contributed by atoms with E-state index in [2.05, 4.69) is 15.9 Å². The molecule has 0 aromatic heterocycles. The van der Waals surface area contributed by atoms with Crippen molar-refractivity contribution < 1.29 is 19.8 Å². The Bertz CT molecular complexity index is 406. The second kappa shape index (κ2) is 4.75. The van der Waals surface area contributed by atoms with Crippen LogP contribution in [0.3, 0.4) is 0 Å². The maximum atomic E-state index is 10.7. The number of hydrogen-bond donors (Lipinski definition) is 2. The van der Waals surface area contributed by atoms with Gasteiger partial charge in [-0.1, -0.05) is 30.3 Å². The van der Waals surface area contributed by atoms with E-state index >= 15 is 0 Å². The van der Waals surface area contributed by atoms with Gasteiger partial charge in [0.25, 0.3) is 0 Å². The number of benzene rings is 1. The highest BCUT2D eigenvalue weighted by molar-refractivity contribution is 9.15. The van der Waals surface area contributed by atoms with Crippen molar-refractivity contribution in [2.75, 3.05) is 0 Å². The molecule has 0 spiro atoms. The standard InChI is InChI=1S/C10H7BrO4/c11-8(6-4-2-1-3-5-6)7(9(12)13)10(14)15/h1-5H,(H,12,13)(H,14,15). The van der Waals surface area contributed by atoms with Crippen LogP contribution in [0.15, 0.2) is 35.9 Å². The monoisotopic (exact) mass is 270 g/mol. The molecule has 15 heavy (non-hydrogen) atoms. The van der Waals surface area contributed by atoms with Gasteiger partial charge in [0.15, 0.2) is 5.57 Å². The van der Waals surface area contributed by atoms with E-state index in [1.54, 1.807) is 30.3 Å². The summed E-state index contributed by atoms with van der Waals surface area (Å²) in [6.07, 6.45) is 0. The Balaban J connectivity index is 3.29. The quantitative estimate of drug-likeness (QED) is 0.500. The second-order valence-electron chi connectivity index (χ2n) is 2.67. The van der Waals surface area contributed by atoms with Crippen LogP contribution >= 0.6 is 15.9 Å². The summed E-state index contributed by atoms with van der Waals surface area (Å²) in [5.74, 6) is -2.95. The Morgan fingerprint density at radius 3 is 1.87 bits per heavy atom. The maximum absolute atomic E-state index is 10.7. The first-order chi connectivity index (χ1) is 7.04. The minimum atomic E-state index is -1.47. The highest BCUT2D eigenvalue weighted by Crippen LogP contribution is 2.25. The Labute approximate surface area is 94.0 Å². The summed E-state index contributed by atoms with van der Waals surface area (Å²) in [5.41, 5.74) is -0.168. The summed E-state index contributed by atoms with van der Waals surface area (Å²) < 4.78 is 0.0584. The number of hydrogen-bond acceptors (Lipinski definition) is 2. The molecular weight excluding hydrogens is 264 g/mol. The highest BCUT2D eigenvalue weighted by Gasteiger charge is 2.21. The Kier molecular flexibility index (Phi) is 3.62. The molecular formula is C10H7BrO4. The molecule has 1 aromatic carbocycles. The minimum absolute atomic E-state index is 0.0584. The lowest BCUT2D eigenvalue weighted by Crippen LogP contribution is -2.12. The normalized spacial score (nSPS) is 9.40. The number of carbonyl (C=O) groups is 2. The van der Waals surface area contributed by atoms with Gasteiger partial charge in [-0.05, 0) is 21.5 Å². The van der Waals surface area contributed by atoms with Crippen LogP contribution in [-0.4, -0.2) is 22.2 Å². The van der Waals surface area contributed by atoms with Crippen LogP contribution in [0.4, 0.5) is 0 Å². The van der Waals surface area contributed by atoms with Crippen molar-refractivity contribution in [2.45, 2.75) is 0 Å². The molecule has 0 atom stereocenters. The van der Waals surface area contributed by atoms with Crippen molar-refractivity contribution in [3.63, 3.8) is 0 Å². The van der Waals surface area contributed by atoms with Crippen molar-refractivity contribution in [3.8, 4) is 0 Å². The maximum Gasteiger partial charge on any atom is 0.344 e. The zero-order valence-electron chi connectivity index (χ0n) is 7.48. The fourth-order valence-electron chi connectivity index (χ4n) is 1.01. The Hall–Kier alpha value is -1.62. The largest absolute Gasteiger partial charge is 0.477 e. The molecule has 5 heteroatoms. The van der Waals surface area contributed by atoms with Gasteiger partial charge in [-0.3, -0.25) is 0 Å². The van der Waals surface area contributed by atoms with E-state index in [9.17, 15) is 9.59 Å². The van der Waals surface area contributed by atoms with Crippen molar-refractivity contribution in [1.82, 2.24) is 0 Å². The highest BCUT2D eigenvalue weighted by atomic mass is 79.9. The summed E-state index contributed by atoms with van der Waals surface area (Å²) in [7, 11) is 0. The van der Waals surface area contributed by atoms with Crippen LogP contribution in [0, 0.1) is 0 Å². The summed E-state index contributed by atoms with van der Waals surface area (Å²) in [6, 6.07) is 8.38. The van der Waals surface area contributed by atoms with Gasteiger partial charge in [0.05, 0.1) is 0 Å². The molecule has 0 saturated carbocycles. The van der Waals surface area contributed by atoms with Gasteiger partial charge in [-0.25, -0.2) is 9.59 Å². The number of halogens is 1. The smallest absolute Gasteiger partial charge is 0.344 e. The molecule has 1 rings (SSSR count). The first-order valence-electron chi connectivity index (χ1n) is 3.96. The van der Waals surface area contributed by atoms with Gasteiger partial charge in [-0.2, -0.15) is 0 Å². The molecule has 0 radical (unpaired) electrons. The van der Waals surface area contributed by atoms with Gasteiger partial charge in [-0.15, -0.1) is 0 Å². The van der Waals surface area contributed by atoms with Gasteiger partial charge in [0.1, 0.15) is 0 Å². The topological polar surface area (TPSA) is 74.6 Å². The lowest BCUT2D eigenvalue weighted by Gasteiger charge is -2.02. The minimum Gasteiger partial charge on any atom is -0.477 e. The summed E-state index contributed by atoms with van der Waals surface area (Å²) in [5, 5.41) is 17.4. The average Bonchev–Trinajstić information content (AvgIpc) is 2.18. The zero-order valence-corrected chi connectivity index (χ0v) is 9.06. The first kappa shape index (κ1) is 11.5. The number of carboxylic acids is 2. The van der Waals surface area contributed by atoms with Crippen LogP contribution in [0.25, 0.3) is 4.48 Å². The van der Waals surface area contributed by atoms with Crippen molar-refractivity contribution >= 4 is 32.4 Å². The predicted molar refractivity (Wildman–Crippen MR) is 57.6 cm³/mol. The third kappa shape index (κ3) is 2.66. The van der Waals surface area contributed by atoms with Crippen LogP contribution in [0.5, 0.6) is 0 Å². The summed E-state index contributed by atoms with van der Waals surface area (Å²) >= 11 is 2.97. The van der Waals surface area contributed by atoms with Crippen molar-refractivity contribution in [3.05, 3.63) is 41.5 Å². The fourth-order valence-corrected chi connectivity index (χ4v) is 1.61. The lowest BCUT2D eigenvalue weighted by atomic mass is 10.1. The molecule has 2 N–H and O–H groups in total. The van der Waals surface area contributed by atoms with E-state index in [0.29, 0.717) is 5.56 Å². The number of rotatable bonds is 3.